The first-order valence-corrected chi connectivity index (χ1v) is 20.2. The highest BCUT2D eigenvalue weighted by Gasteiger charge is 2.21. The number of imidazole rings is 2. The Bertz CT molecular complexity index is 3600. The van der Waals surface area contributed by atoms with Crippen LogP contribution in [-0.4, -0.2) is 28.7 Å². The van der Waals surface area contributed by atoms with Crippen LogP contribution in [0.1, 0.15) is 0 Å². The zero-order valence-corrected chi connectivity index (χ0v) is 32.2. The van der Waals surface area contributed by atoms with Gasteiger partial charge in [-0.05, 0) is 104 Å². The van der Waals surface area contributed by atoms with Crippen LogP contribution in [0.4, 0.5) is 0 Å². The number of hydrogen-bond acceptors (Lipinski definition) is 4. The second-order valence-electron chi connectivity index (χ2n) is 15.4. The molecule has 0 saturated heterocycles. The Balaban J connectivity index is 1.04. The number of fused-ring (bicyclic) bond motifs is 12. The summed E-state index contributed by atoms with van der Waals surface area (Å²) in [5.74, 6) is 1.73. The Morgan fingerprint density at radius 3 is 1.02 bits per heavy atom. The Morgan fingerprint density at radius 2 is 0.600 bits per heavy atom. The summed E-state index contributed by atoms with van der Waals surface area (Å²) in [6.07, 6.45) is 0. The van der Waals surface area contributed by atoms with Crippen molar-refractivity contribution >= 4 is 76.7 Å². The quantitative estimate of drug-likeness (QED) is 0.167. The van der Waals surface area contributed by atoms with Gasteiger partial charge in [-0.15, -0.1) is 0 Å². The third-order valence-corrected chi connectivity index (χ3v) is 12.0. The number of nitrogens with zero attached hydrogens (tertiary/aromatic N) is 6. The molecule has 0 aliphatic heterocycles. The summed E-state index contributed by atoms with van der Waals surface area (Å²) in [4.78, 5) is 20.8. The first-order chi connectivity index (χ1) is 29.8. The predicted octanol–water partition coefficient (Wildman–Crippen LogP) is 13.4. The molecule has 0 amide bonds. The summed E-state index contributed by atoms with van der Waals surface area (Å²) in [6, 6.07) is 68.6. The summed E-state index contributed by atoms with van der Waals surface area (Å²) >= 11 is 0. The molecule has 13 aromatic rings. The van der Waals surface area contributed by atoms with E-state index in [1.165, 1.54) is 32.7 Å². The molecule has 0 aliphatic carbocycles. The standard InChI is InChI=1S/C54H32N6/c1-2-20-38-37(19-1)49(33-15-13-17-35(31-33)51-55-43-25-7-5-23-41(43)53-57-45-27-9-11-29-47(45)59(51)53)39-21-3-4-22-40(39)50(38)34-16-14-18-36(32-34)52-56-44-26-8-6-24-42(44)54-58-46-28-10-12-30-48(46)60(52)54/h1-32H. The lowest BCUT2D eigenvalue weighted by atomic mass is 9.85. The van der Waals surface area contributed by atoms with E-state index >= 15 is 0 Å². The number of hydrogen-bond donors (Lipinski definition) is 0. The minimum Gasteiger partial charge on any atom is -0.276 e. The van der Waals surface area contributed by atoms with Gasteiger partial charge in [-0.2, -0.15) is 0 Å². The first kappa shape index (κ1) is 32.8. The fourth-order valence-corrected chi connectivity index (χ4v) is 9.46. The van der Waals surface area contributed by atoms with Gasteiger partial charge in [0, 0.05) is 21.9 Å². The number of rotatable bonds is 4. The van der Waals surface area contributed by atoms with E-state index in [0.717, 1.165) is 89.1 Å². The Hall–Kier alpha value is -8.22. The maximum atomic E-state index is 5.30. The second kappa shape index (κ2) is 12.6. The van der Waals surface area contributed by atoms with Crippen molar-refractivity contribution in [3.05, 3.63) is 194 Å². The molecule has 9 aromatic carbocycles. The van der Waals surface area contributed by atoms with Crippen LogP contribution in [0.2, 0.25) is 0 Å². The van der Waals surface area contributed by atoms with Crippen LogP contribution in [0.15, 0.2) is 194 Å². The molecular weight excluding hydrogens is 733 g/mol. The third kappa shape index (κ3) is 4.76. The van der Waals surface area contributed by atoms with Gasteiger partial charge in [-0.1, -0.05) is 133 Å². The topological polar surface area (TPSA) is 60.4 Å². The zero-order chi connectivity index (χ0) is 39.3. The molecule has 0 radical (unpaired) electrons. The Kier molecular flexibility index (Phi) is 6.91. The lowest BCUT2D eigenvalue weighted by Crippen LogP contribution is -1.99. The molecule has 0 bridgehead atoms. The second-order valence-corrected chi connectivity index (χ2v) is 15.4. The third-order valence-electron chi connectivity index (χ3n) is 12.0. The van der Waals surface area contributed by atoms with E-state index in [1.807, 2.05) is 24.3 Å². The van der Waals surface area contributed by atoms with E-state index in [0.29, 0.717) is 0 Å². The van der Waals surface area contributed by atoms with Crippen LogP contribution in [-0.2, 0) is 0 Å². The van der Waals surface area contributed by atoms with Crippen LogP contribution in [0.25, 0.3) is 122 Å². The van der Waals surface area contributed by atoms with Crippen LogP contribution in [0.5, 0.6) is 0 Å². The van der Waals surface area contributed by atoms with E-state index in [4.69, 9.17) is 19.9 Å². The fourth-order valence-electron chi connectivity index (χ4n) is 9.46. The largest absolute Gasteiger partial charge is 0.276 e. The predicted molar refractivity (Wildman–Crippen MR) is 246 cm³/mol. The van der Waals surface area contributed by atoms with E-state index in [-0.39, 0.29) is 0 Å². The Labute approximate surface area is 343 Å². The maximum Gasteiger partial charge on any atom is 0.149 e. The van der Waals surface area contributed by atoms with Gasteiger partial charge in [0.15, 0.2) is 0 Å². The van der Waals surface area contributed by atoms with Crippen molar-refractivity contribution < 1.29 is 0 Å². The fraction of sp³-hybridized carbons (Fsp3) is 0. The van der Waals surface area contributed by atoms with Crippen molar-refractivity contribution in [1.82, 2.24) is 28.7 Å². The lowest BCUT2D eigenvalue weighted by molar-refractivity contribution is 1.16. The molecular formula is C54H32N6. The summed E-state index contributed by atoms with van der Waals surface area (Å²) < 4.78 is 4.43. The molecule has 6 nitrogen and oxygen atoms in total. The zero-order valence-electron chi connectivity index (χ0n) is 32.2. The molecule has 0 atom stereocenters. The summed E-state index contributed by atoms with van der Waals surface area (Å²) in [7, 11) is 0. The van der Waals surface area contributed by atoms with E-state index in [1.54, 1.807) is 0 Å². The van der Waals surface area contributed by atoms with Crippen molar-refractivity contribution in [2.24, 2.45) is 0 Å². The average Bonchev–Trinajstić information content (AvgIpc) is 3.90. The summed E-state index contributed by atoms with van der Waals surface area (Å²) in [5, 5.41) is 6.81. The van der Waals surface area contributed by atoms with Gasteiger partial charge < -0.3 is 0 Å². The van der Waals surface area contributed by atoms with Crippen LogP contribution in [0, 0.1) is 0 Å². The monoisotopic (exact) mass is 764 g/mol. The molecule has 0 saturated carbocycles. The lowest BCUT2D eigenvalue weighted by Gasteiger charge is -2.19. The molecule has 0 spiro atoms. The normalized spacial score (nSPS) is 12.0. The van der Waals surface area contributed by atoms with Gasteiger partial charge in [-0.3, -0.25) is 8.80 Å². The molecule has 4 heterocycles. The van der Waals surface area contributed by atoms with Crippen molar-refractivity contribution in [3.63, 3.8) is 0 Å². The number of benzene rings is 9. The number of para-hydroxylation sites is 6. The molecule has 13 rings (SSSR count). The van der Waals surface area contributed by atoms with Crippen LogP contribution in [0.3, 0.4) is 0 Å². The maximum absolute atomic E-state index is 5.30. The molecule has 0 fully saturated rings. The number of aromatic nitrogens is 6. The van der Waals surface area contributed by atoms with E-state index in [9.17, 15) is 0 Å². The van der Waals surface area contributed by atoms with Gasteiger partial charge in [0.25, 0.3) is 0 Å². The minimum absolute atomic E-state index is 0.864. The van der Waals surface area contributed by atoms with Crippen LogP contribution >= 0.6 is 0 Å². The van der Waals surface area contributed by atoms with Crippen molar-refractivity contribution in [3.8, 4) is 45.0 Å². The van der Waals surface area contributed by atoms with E-state index in [2.05, 4.69) is 179 Å². The van der Waals surface area contributed by atoms with Crippen molar-refractivity contribution in [1.29, 1.82) is 0 Å². The van der Waals surface area contributed by atoms with Crippen LogP contribution < -0.4 is 0 Å². The highest BCUT2D eigenvalue weighted by atomic mass is 15.1. The molecule has 0 unspecified atom stereocenters. The minimum atomic E-state index is 0.864. The molecule has 6 heteroatoms. The summed E-state index contributed by atoms with van der Waals surface area (Å²) in [5.41, 5.74) is 14.3. The van der Waals surface area contributed by atoms with Gasteiger partial charge in [-0.25, -0.2) is 19.9 Å². The first-order valence-electron chi connectivity index (χ1n) is 20.2. The molecule has 278 valence electrons. The van der Waals surface area contributed by atoms with E-state index < -0.39 is 0 Å². The molecule has 0 N–H and O–H groups in total. The highest BCUT2D eigenvalue weighted by molar-refractivity contribution is 6.21. The average molecular weight is 765 g/mol. The van der Waals surface area contributed by atoms with Gasteiger partial charge in [0.2, 0.25) is 0 Å². The SMILES string of the molecule is c1cc(-c2c3ccccc3c(-c3cccc(-c4nc5ccccc5c5nc6ccccc6n45)c3)c3ccccc23)cc(-c2nc3ccccc3c3nc4ccccc4n23)c1. The van der Waals surface area contributed by atoms with Gasteiger partial charge in [0.05, 0.1) is 33.1 Å². The summed E-state index contributed by atoms with van der Waals surface area (Å²) in [6.45, 7) is 0. The smallest absolute Gasteiger partial charge is 0.149 e. The molecule has 60 heavy (non-hydrogen) atoms. The molecule has 0 aliphatic rings. The molecule has 4 aromatic heterocycles. The van der Waals surface area contributed by atoms with Gasteiger partial charge in [0.1, 0.15) is 22.9 Å². The van der Waals surface area contributed by atoms with Gasteiger partial charge >= 0.3 is 0 Å². The Morgan fingerprint density at radius 1 is 0.267 bits per heavy atom. The van der Waals surface area contributed by atoms with Crippen molar-refractivity contribution in [2.45, 2.75) is 0 Å². The van der Waals surface area contributed by atoms with Crippen molar-refractivity contribution in [2.75, 3.05) is 0 Å². The highest BCUT2D eigenvalue weighted by Crippen LogP contribution is 2.45.